The van der Waals surface area contributed by atoms with Crippen LogP contribution < -0.4 is 10.1 Å². The molecule has 17 heavy (non-hydrogen) atoms. The Hall–Kier alpha value is -1.55. The molecule has 0 atom stereocenters. The zero-order valence-electron chi connectivity index (χ0n) is 9.85. The number of thiazole rings is 1. The van der Waals surface area contributed by atoms with Gasteiger partial charge in [0.05, 0.1) is 12.8 Å². The molecule has 0 saturated carbocycles. The molecule has 0 radical (unpaired) electrons. The molecule has 4 heteroatoms. The van der Waals surface area contributed by atoms with Crippen LogP contribution in [0.4, 0.5) is 5.13 Å². The molecule has 1 heterocycles. The summed E-state index contributed by atoms with van der Waals surface area (Å²) in [6.07, 6.45) is 2.77. The van der Waals surface area contributed by atoms with Gasteiger partial charge in [0.1, 0.15) is 0 Å². The van der Waals surface area contributed by atoms with Crippen molar-refractivity contribution in [2.75, 3.05) is 18.5 Å². The summed E-state index contributed by atoms with van der Waals surface area (Å²) in [5.74, 6) is 0. The van der Waals surface area contributed by atoms with Crippen molar-refractivity contribution in [1.82, 2.24) is 4.98 Å². The Balaban J connectivity index is 1.78. The number of rotatable bonds is 6. The molecule has 0 bridgehead atoms. The van der Waals surface area contributed by atoms with E-state index in [2.05, 4.69) is 34.6 Å². The third-order valence-electron chi connectivity index (χ3n) is 2.30. The Morgan fingerprint density at radius 1 is 1.29 bits per heavy atom. The Kier molecular flexibility index (Phi) is 4.38. The van der Waals surface area contributed by atoms with E-state index in [-0.39, 0.29) is 0 Å². The summed E-state index contributed by atoms with van der Waals surface area (Å²) in [5, 5.41) is 5.09. The molecule has 1 aromatic carbocycles. The number of hydrogen-bond acceptors (Lipinski definition) is 4. The Morgan fingerprint density at radius 3 is 2.88 bits per heavy atom. The van der Waals surface area contributed by atoms with E-state index in [0.29, 0.717) is 6.61 Å². The molecule has 1 N–H and O–H groups in total. The highest BCUT2D eigenvalue weighted by Crippen LogP contribution is 2.25. The lowest BCUT2D eigenvalue weighted by Crippen LogP contribution is -2.03. The van der Waals surface area contributed by atoms with Gasteiger partial charge in [-0.05, 0) is 18.9 Å². The summed E-state index contributed by atoms with van der Waals surface area (Å²) < 4.78 is 5.37. The molecule has 0 aliphatic carbocycles. The van der Waals surface area contributed by atoms with Gasteiger partial charge in [0.15, 0.2) is 10.2 Å². The maximum Gasteiger partial charge on any atom is 0.195 e. The van der Waals surface area contributed by atoms with Gasteiger partial charge in [0.25, 0.3) is 0 Å². The molecule has 0 unspecified atom stereocenters. The van der Waals surface area contributed by atoms with E-state index in [1.807, 2.05) is 13.0 Å². The lowest BCUT2D eigenvalue weighted by molar-refractivity contribution is 0.349. The quantitative estimate of drug-likeness (QED) is 0.852. The highest BCUT2D eigenvalue weighted by molar-refractivity contribution is 7.17. The molecule has 0 aliphatic rings. The summed E-state index contributed by atoms with van der Waals surface area (Å²) >= 11 is 1.55. The van der Waals surface area contributed by atoms with Crippen molar-refractivity contribution >= 4 is 16.5 Å². The van der Waals surface area contributed by atoms with E-state index in [1.165, 1.54) is 5.56 Å². The van der Waals surface area contributed by atoms with Gasteiger partial charge >= 0.3 is 0 Å². The lowest BCUT2D eigenvalue weighted by Gasteiger charge is -2.02. The zero-order chi connectivity index (χ0) is 11.9. The van der Waals surface area contributed by atoms with Gasteiger partial charge in [-0.2, -0.15) is 0 Å². The van der Waals surface area contributed by atoms with Gasteiger partial charge in [-0.15, -0.1) is 0 Å². The van der Waals surface area contributed by atoms with Crippen molar-refractivity contribution < 1.29 is 4.74 Å². The van der Waals surface area contributed by atoms with Gasteiger partial charge in [-0.25, -0.2) is 4.98 Å². The first kappa shape index (κ1) is 11.9. The fourth-order valence-electron chi connectivity index (χ4n) is 1.51. The summed E-state index contributed by atoms with van der Waals surface area (Å²) in [7, 11) is 0. The first-order valence-electron chi connectivity index (χ1n) is 5.75. The molecule has 0 aliphatic heterocycles. The van der Waals surface area contributed by atoms with Crippen LogP contribution in [0, 0.1) is 0 Å². The maximum atomic E-state index is 5.37. The van der Waals surface area contributed by atoms with Crippen LogP contribution in [-0.4, -0.2) is 18.1 Å². The molecular weight excluding hydrogens is 232 g/mol. The first-order valence-corrected chi connectivity index (χ1v) is 6.56. The van der Waals surface area contributed by atoms with Crippen molar-refractivity contribution in [2.45, 2.75) is 13.3 Å². The number of aromatic nitrogens is 1. The van der Waals surface area contributed by atoms with Gasteiger partial charge in [0, 0.05) is 6.54 Å². The van der Waals surface area contributed by atoms with Crippen LogP contribution in [0.5, 0.6) is 5.06 Å². The predicted molar refractivity (Wildman–Crippen MR) is 71.9 cm³/mol. The number of nitrogens with one attached hydrogen (secondary N) is 1. The summed E-state index contributed by atoms with van der Waals surface area (Å²) in [5.41, 5.74) is 1.33. The molecule has 3 nitrogen and oxygen atoms in total. The SMILES string of the molecule is CCOc1cnc(NCCc2ccccc2)s1. The highest BCUT2D eigenvalue weighted by Gasteiger charge is 2.01. The van der Waals surface area contributed by atoms with E-state index in [4.69, 9.17) is 4.74 Å². The van der Waals surface area contributed by atoms with Crippen molar-refractivity contribution in [2.24, 2.45) is 0 Å². The minimum Gasteiger partial charge on any atom is -0.483 e. The first-order chi connectivity index (χ1) is 8.38. The average molecular weight is 248 g/mol. The van der Waals surface area contributed by atoms with Crippen LogP contribution in [0.2, 0.25) is 0 Å². The fraction of sp³-hybridized carbons (Fsp3) is 0.308. The second-order valence-corrected chi connectivity index (χ2v) is 4.57. The molecule has 90 valence electrons. The van der Waals surface area contributed by atoms with Crippen LogP contribution in [-0.2, 0) is 6.42 Å². The molecular formula is C13H16N2OS. The minimum atomic E-state index is 0.686. The van der Waals surface area contributed by atoms with Crippen molar-refractivity contribution in [3.63, 3.8) is 0 Å². The van der Waals surface area contributed by atoms with Crippen molar-refractivity contribution in [3.05, 3.63) is 42.1 Å². The third-order valence-corrected chi connectivity index (χ3v) is 3.17. The van der Waals surface area contributed by atoms with E-state index >= 15 is 0 Å². The normalized spacial score (nSPS) is 10.2. The predicted octanol–water partition coefficient (Wildman–Crippen LogP) is 3.20. The summed E-state index contributed by atoms with van der Waals surface area (Å²) in [6.45, 7) is 3.55. The maximum absolute atomic E-state index is 5.37. The summed E-state index contributed by atoms with van der Waals surface area (Å²) in [4.78, 5) is 4.25. The molecule has 0 fully saturated rings. The Morgan fingerprint density at radius 2 is 2.12 bits per heavy atom. The van der Waals surface area contributed by atoms with Gasteiger partial charge in [-0.1, -0.05) is 41.7 Å². The van der Waals surface area contributed by atoms with Crippen LogP contribution >= 0.6 is 11.3 Å². The van der Waals surface area contributed by atoms with Crippen LogP contribution in [0.25, 0.3) is 0 Å². The van der Waals surface area contributed by atoms with Crippen LogP contribution in [0.1, 0.15) is 12.5 Å². The second kappa shape index (κ2) is 6.25. The molecule has 2 aromatic rings. The molecule has 0 saturated heterocycles. The van der Waals surface area contributed by atoms with Gasteiger partial charge in [-0.3, -0.25) is 0 Å². The van der Waals surface area contributed by atoms with Gasteiger partial charge in [0.2, 0.25) is 0 Å². The number of nitrogens with zero attached hydrogens (tertiary/aromatic N) is 1. The fourth-order valence-corrected chi connectivity index (χ4v) is 2.26. The Labute approximate surface area is 105 Å². The second-order valence-electron chi connectivity index (χ2n) is 3.58. The third kappa shape index (κ3) is 3.75. The highest BCUT2D eigenvalue weighted by atomic mass is 32.1. The standard InChI is InChI=1S/C13H16N2OS/c1-2-16-12-10-15-13(17-12)14-9-8-11-6-4-3-5-7-11/h3-7,10H,2,8-9H2,1H3,(H,14,15). The molecule has 1 aromatic heterocycles. The molecule has 0 amide bonds. The number of hydrogen-bond donors (Lipinski definition) is 1. The minimum absolute atomic E-state index is 0.686. The Bertz CT molecular complexity index is 442. The van der Waals surface area contributed by atoms with Crippen molar-refractivity contribution in [3.8, 4) is 5.06 Å². The molecule has 2 rings (SSSR count). The number of anilines is 1. The van der Waals surface area contributed by atoms with Crippen LogP contribution in [0.3, 0.4) is 0 Å². The lowest BCUT2D eigenvalue weighted by atomic mass is 10.2. The van der Waals surface area contributed by atoms with Crippen LogP contribution in [0.15, 0.2) is 36.5 Å². The smallest absolute Gasteiger partial charge is 0.195 e. The van der Waals surface area contributed by atoms with Gasteiger partial charge < -0.3 is 10.1 Å². The molecule has 0 spiro atoms. The average Bonchev–Trinajstić information content (AvgIpc) is 2.79. The van der Waals surface area contributed by atoms with E-state index in [1.54, 1.807) is 17.5 Å². The summed E-state index contributed by atoms with van der Waals surface area (Å²) in [6, 6.07) is 10.4. The van der Waals surface area contributed by atoms with E-state index in [9.17, 15) is 0 Å². The van der Waals surface area contributed by atoms with Crippen molar-refractivity contribution in [1.29, 1.82) is 0 Å². The number of ether oxygens (including phenoxy) is 1. The largest absolute Gasteiger partial charge is 0.483 e. The van der Waals surface area contributed by atoms with E-state index in [0.717, 1.165) is 23.2 Å². The topological polar surface area (TPSA) is 34.1 Å². The zero-order valence-corrected chi connectivity index (χ0v) is 10.7. The monoisotopic (exact) mass is 248 g/mol. The van der Waals surface area contributed by atoms with E-state index < -0.39 is 0 Å². The number of benzene rings is 1.